The first-order chi connectivity index (χ1) is 14.9. The molecule has 0 unspecified atom stereocenters. The van der Waals surface area contributed by atoms with Crippen molar-refractivity contribution in [2.75, 3.05) is 7.11 Å². The standard InChI is InChI=1S/C24H24N2O5/c1-4-8-21(18-9-6-5-7-10-18)26-24(29)19(14-25)11-17-12-20(15-27)23(31-16(2)28)22(13-17)30-3/h5-7,9-13,15,21H,4,8H2,1-3H3,(H,26,29)/b19-11+/t21-/m0/s1. The number of carbonyl (C=O) groups is 3. The lowest BCUT2D eigenvalue weighted by atomic mass is 10.0. The molecule has 2 rings (SSSR count). The number of methoxy groups -OCH3 is 1. The zero-order chi connectivity index (χ0) is 22.8. The van der Waals surface area contributed by atoms with Gasteiger partial charge in [0.2, 0.25) is 0 Å². The van der Waals surface area contributed by atoms with E-state index in [-0.39, 0.29) is 28.7 Å². The van der Waals surface area contributed by atoms with E-state index in [1.54, 1.807) is 0 Å². The molecule has 7 nitrogen and oxygen atoms in total. The fraction of sp³-hybridized carbons (Fsp3) is 0.250. The number of amides is 1. The maximum absolute atomic E-state index is 12.8. The Balaban J connectivity index is 2.37. The van der Waals surface area contributed by atoms with Gasteiger partial charge in [0.05, 0.1) is 18.7 Å². The van der Waals surface area contributed by atoms with Gasteiger partial charge in [-0.05, 0) is 35.8 Å². The highest BCUT2D eigenvalue weighted by Gasteiger charge is 2.19. The minimum absolute atomic E-state index is 0.0165. The molecule has 0 aromatic heterocycles. The highest BCUT2D eigenvalue weighted by molar-refractivity contribution is 6.02. The second-order valence-electron chi connectivity index (χ2n) is 6.75. The van der Waals surface area contributed by atoms with Crippen LogP contribution in [0.15, 0.2) is 48.0 Å². The van der Waals surface area contributed by atoms with Crippen molar-refractivity contribution in [2.24, 2.45) is 0 Å². The largest absolute Gasteiger partial charge is 0.493 e. The smallest absolute Gasteiger partial charge is 0.308 e. The Kier molecular flexibility index (Phi) is 8.52. The van der Waals surface area contributed by atoms with Crippen LogP contribution in [0, 0.1) is 11.3 Å². The van der Waals surface area contributed by atoms with Gasteiger partial charge < -0.3 is 14.8 Å². The third-order valence-corrected chi connectivity index (χ3v) is 4.46. The summed E-state index contributed by atoms with van der Waals surface area (Å²) >= 11 is 0. The van der Waals surface area contributed by atoms with Gasteiger partial charge in [0.25, 0.3) is 5.91 Å². The van der Waals surface area contributed by atoms with Crippen LogP contribution in [0.4, 0.5) is 0 Å². The quantitative estimate of drug-likeness (QED) is 0.216. The highest BCUT2D eigenvalue weighted by Crippen LogP contribution is 2.33. The number of benzene rings is 2. The Morgan fingerprint density at radius 1 is 1.23 bits per heavy atom. The number of nitriles is 1. The minimum atomic E-state index is -0.607. The lowest BCUT2D eigenvalue weighted by Crippen LogP contribution is -2.29. The van der Waals surface area contributed by atoms with Crippen LogP contribution in [0.25, 0.3) is 6.08 Å². The Morgan fingerprint density at radius 2 is 1.94 bits per heavy atom. The Labute approximate surface area is 181 Å². The van der Waals surface area contributed by atoms with Crippen LogP contribution in [-0.4, -0.2) is 25.3 Å². The summed E-state index contributed by atoms with van der Waals surface area (Å²) < 4.78 is 10.3. The zero-order valence-corrected chi connectivity index (χ0v) is 17.7. The minimum Gasteiger partial charge on any atom is -0.493 e. The Bertz CT molecular complexity index is 1020. The summed E-state index contributed by atoms with van der Waals surface area (Å²) in [5.41, 5.74) is 1.27. The van der Waals surface area contributed by atoms with Crippen molar-refractivity contribution >= 4 is 24.2 Å². The predicted octanol–water partition coefficient (Wildman–Crippen LogP) is 4.00. The summed E-state index contributed by atoms with van der Waals surface area (Å²) in [4.78, 5) is 35.6. The number of carbonyl (C=O) groups excluding carboxylic acids is 3. The van der Waals surface area contributed by atoms with Crippen LogP contribution in [0.3, 0.4) is 0 Å². The van der Waals surface area contributed by atoms with Crippen LogP contribution >= 0.6 is 0 Å². The van der Waals surface area contributed by atoms with E-state index in [1.807, 2.05) is 43.3 Å². The molecule has 31 heavy (non-hydrogen) atoms. The summed E-state index contributed by atoms with van der Waals surface area (Å²) in [6.45, 7) is 3.22. The van der Waals surface area contributed by atoms with E-state index in [9.17, 15) is 19.6 Å². The molecule has 1 amide bonds. The third kappa shape index (κ3) is 6.28. The molecule has 0 aliphatic rings. The van der Waals surface area contributed by atoms with Crippen LogP contribution in [-0.2, 0) is 9.59 Å². The molecule has 2 aromatic carbocycles. The number of aldehydes is 1. The van der Waals surface area contributed by atoms with Crippen LogP contribution in [0.5, 0.6) is 11.5 Å². The second-order valence-corrected chi connectivity index (χ2v) is 6.75. The molecule has 0 heterocycles. The molecule has 0 fully saturated rings. The number of nitrogens with zero attached hydrogens (tertiary/aromatic N) is 1. The van der Waals surface area contributed by atoms with Crippen LogP contribution < -0.4 is 14.8 Å². The van der Waals surface area contributed by atoms with Crippen molar-refractivity contribution in [1.29, 1.82) is 5.26 Å². The lowest BCUT2D eigenvalue weighted by Gasteiger charge is -2.18. The van der Waals surface area contributed by atoms with Gasteiger partial charge in [0.1, 0.15) is 11.6 Å². The maximum Gasteiger partial charge on any atom is 0.308 e. The van der Waals surface area contributed by atoms with Gasteiger partial charge in [0, 0.05) is 6.92 Å². The number of nitrogens with one attached hydrogen (secondary N) is 1. The zero-order valence-electron chi connectivity index (χ0n) is 17.7. The molecule has 2 aromatic rings. The fourth-order valence-corrected chi connectivity index (χ4v) is 3.07. The maximum atomic E-state index is 12.8. The summed E-state index contributed by atoms with van der Waals surface area (Å²) in [6.07, 6.45) is 3.44. The van der Waals surface area contributed by atoms with E-state index in [2.05, 4.69) is 5.32 Å². The molecule has 7 heteroatoms. The van der Waals surface area contributed by atoms with Gasteiger partial charge in [-0.15, -0.1) is 0 Å². The first-order valence-corrected chi connectivity index (χ1v) is 9.76. The molecule has 160 valence electrons. The van der Waals surface area contributed by atoms with Crippen molar-refractivity contribution < 1.29 is 23.9 Å². The molecule has 0 spiro atoms. The first kappa shape index (κ1) is 23.4. The van der Waals surface area contributed by atoms with Gasteiger partial charge in [-0.3, -0.25) is 14.4 Å². The molecule has 1 N–H and O–H groups in total. The van der Waals surface area contributed by atoms with Crippen molar-refractivity contribution in [2.45, 2.75) is 32.7 Å². The molecular weight excluding hydrogens is 396 g/mol. The van der Waals surface area contributed by atoms with Gasteiger partial charge in [-0.1, -0.05) is 43.7 Å². The van der Waals surface area contributed by atoms with E-state index >= 15 is 0 Å². The average molecular weight is 420 g/mol. The normalized spacial score (nSPS) is 11.7. The summed E-state index contributed by atoms with van der Waals surface area (Å²) in [7, 11) is 1.36. The van der Waals surface area contributed by atoms with Crippen molar-refractivity contribution in [3.63, 3.8) is 0 Å². The molecule has 1 atom stereocenters. The number of rotatable bonds is 9. The third-order valence-electron chi connectivity index (χ3n) is 4.46. The fourth-order valence-electron chi connectivity index (χ4n) is 3.07. The summed E-state index contributed by atoms with van der Waals surface area (Å²) in [6, 6.07) is 14.1. The van der Waals surface area contributed by atoms with E-state index in [0.717, 1.165) is 12.0 Å². The van der Waals surface area contributed by atoms with E-state index < -0.39 is 11.9 Å². The lowest BCUT2D eigenvalue weighted by molar-refractivity contribution is -0.132. The molecule has 0 saturated carbocycles. The summed E-state index contributed by atoms with van der Waals surface area (Å²) in [5.74, 6) is -1.01. The Morgan fingerprint density at radius 3 is 2.48 bits per heavy atom. The van der Waals surface area contributed by atoms with Crippen molar-refractivity contribution in [1.82, 2.24) is 5.32 Å². The van der Waals surface area contributed by atoms with E-state index in [0.29, 0.717) is 18.3 Å². The molecule has 0 saturated heterocycles. The molecule has 0 radical (unpaired) electrons. The van der Waals surface area contributed by atoms with Gasteiger partial charge in [0.15, 0.2) is 17.8 Å². The molecule has 0 bridgehead atoms. The van der Waals surface area contributed by atoms with Gasteiger partial charge >= 0.3 is 5.97 Å². The van der Waals surface area contributed by atoms with Crippen LogP contribution in [0.1, 0.15) is 54.2 Å². The van der Waals surface area contributed by atoms with E-state index in [4.69, 9.17) is 9.47 Å². The van der Waals surface area contributed by atoms with Gasteiger partial charge in [-0.25, -0.2) is 0 Å². The second kappa shape index (κ2) is 11.3. The summed E-state index contributed by atoms with van der Waals surface area (Å²) in [5, 5.41) is 12.4. The first-order valence-electron chi connectivity index (χ1n) is 9.76. The Hall–Kier alpha value is -3.92. The SMILES string of the molecule is CCC[C@H](NC(=O)/C(C#N)=C/c1cc(C=O)c(OC(C)=O)c(OC)c1)c1ccccc1. The number of hydrogen-bond donors (Lipinski definition) is 1. The molecular formula is C24H24N2O5. The number of ether oxygens (including phenoxy) is 2. The monoisotopic (exact) mass is 420 g/mol. The molecule has 0 aliphatic heterocycles. The average Bonchev–Trinajstić information content (AvgIpc) is 2.77. The van der Waals surface area contributed by atoms with Crippen molar-refractivity contribution in [3.05, 3.63) is 64.7 Å². The van der Waals surface area contributed by atoms with Gasteiger partial charge in [-0.2, -0.15) is 5.26 Å². The van der Waals surface area contributed by atoms with Crippen LogP contribution in [0.2, 0.25) is 0 Å². The molecule has 0 aliphatic carbocycles. The number of esters is 1. The topological polar surface area (TPSA) is 105 Å². The highest BCUT2D eigenvalue weighted by atomic mass is 16.6. The van der Waals surface area contributed by atoms with Crippen molar-refractivity contribution in [3.8, 4) is 17.6 Å². The van der Waals surface area contributed by atoms with E-state index in [1.165, 1.54) is 32.2 Å². The predicted molar refractivity (Wildman–Crippen MR) is 116 cm³/mol. The number of hydrogen-bond acceptors (Lipinski definition) is 6.